The van der Waals surface area contributed by atoms with Crippen molar-refractivity contribution in [3.8, 4) is 0 Å². The second-order valence-electron chi connectivity index (χ2n) is 3.38. The van der Waals surface area contributed by atoms with Crippen molar-refractivity contribution >= 4 is 52.2 Å². The third-order valence-electron chi connectivity index (χ3n) is 2.01. The molecule has 3 N–H and O–H groups in total. The Morgan fingerprint density at radius 3 is 2.79 bits per heavy atom. The lowest BCUT2D eigenvalue weighted by molar-refractivity contribution is 1.05. The second kappa shape index (κ2) is 6.46. The van der Waals surface area contributed by atoms with Crippen molar-refractivity contribution in [1.29, 1.82) is 0 Å². The molecule has 0 saturated heterocycles. The molecular formula is C11H9ClN4OS2. The van der Waals surface area contributed by atoms with Gasteiger partial charge in [0.05, 0.1) is 11.1 Å². The fraction of sp³-hybridized carbons (Fsp3) is 0. The molecule has 2 aromatic rings. The summed E-state index contributed by atoms with van der Waals surface area (Å²) in [5.74, 6) is 0. The van der Waals surface area contributed by atoms with E-state index in [0.717, 1.165) is 17.0 Å². The highest BCUT2D eigenvalue weighted by Gasteiger charge is 2.02. The molecule has 2 rings (SSSR count). The molecule has 19 heavy (non-hydrogen) atoms. The van der Waals surface area contributed by atoms with Crippen molar-refractivity contribution in [2.24, 2.45) is 5.10 Å². The highest BCUT2D eigenvalue weighted by molar-refractivity contribution is 7.80. The molecule has 0 bridgehead atoms. The van der Waals surface area contributed by atoms with E-state index < -0.39 is 0 Å². The lowest BCUT2D eigenvalue weighted by atomic mass is 10.3. The number of anilines is 1. The number of aromatic amines is 1. The molecule has 0 aliphatic carbocycles. The molecule has 0 aliphatic rings. The van der Waals surface area contributed by atoms with E-state index in [-0.39, 0.29) is 10.0 Å². The zero-order chi connectivity index (χ0) is 13.7. The van der Waals surface area contributed by atoms with Crippen molar-refractivity contribution in [3.05, 3.63) is 50.0 Å². The summed E-state index contributed by atoms with van der Waals surface area (Å²) in [6.07, 6.45) is 1.43. The van der Waals surface area contributed by atoms with E-state index in [1.54, 1.807) is 0 Å². The van der Waals surface area contributed by atoms with Gasteiger partial charge in [-0.1, -0.05) is 41.1 Å². The number of halogens is 1. The number of benzene rings is 1. The summed E-state index contributed by atoms with van der Waals surface area (Å²) in [6, 6.07) is 9.46. The molecule has 0 amide bonds. The molecule has 0 atom stereocenters. The van der Waals surface area contributed by atoms with Crippen LogP contribution >= 0.6 is 35.2 Å². The summed E-state index contributed by atoms with van der Waals surface area (Å²) < 4.78 is 0. The minimum Gasteiger partial charge on any atom is -0.331 e. The summed E-state index contributed by atoms with van der Waals surface area (Å²) in [6.45, 7) is 0. The molecule has 5 nitrogen and oxygen atoms in total. The molecule has 0 radical (unpaired) electrons. The van der Waals surface area contributed by atoms with Gasteiger partial charge in [-0.05, 0) is 24.4 Å². The van der Waals surface area contributed by atoms with Crippen LogP contribution in [0.5, 0.6) is 0 Å². The Morgan fingerprint density at radius 1 is 1.42 bits per heavy atom. The Balaban J connectivity index is 1.90. The Morgan fingerprint density at radius 2 is 2.16 bits per heavy atom. The predicted octanol–water partition coefficient (Wildman–Crippen LogP) is 2.41. The summed E-state index contributed by atoms with van der Waals surface area (Å²) in [4.78, 5) is 13.8. The van der Waals surface area contributed by atoms with Crippen LogP contribution in [0.25, 0.3) is 0 Å². The largest absolute Gasteiger partial charge is 0.331 e. The highest BCUT2D eigenvalue weighted by atomic mass is 35.5. The number of rotatable bonds is 3. The van der Waals surface area contributed by atoms with Gasteiger partial charge in [-0.25, -0.2) is 0 Å². The van der Waals surface area contributed by atoms with Gasteiger partial charge in [-0.15, -0.1) is 0 Å². The quantitative estimate of drug-likeness (QED) is 0.462. The normalized spacial score (nSPS) is 10.6. The smallest absolute Gasteiger partial charge is 0.306 e. The third kappa shape index (κ3) is 4.16. The zero-order valence-electron chi connectivity index (χ0n) is 9.51. The van der Waals surface area contributed by atoms with Crippen LogP contribution in [0.15, 0.2) is 40.2 Å². The van der Waals surface area contributed by atoms with Gasteiger partial charge in [-0.2, -0.15) is 5.10 Å². The van der Waals surface area contributed by atoms with E-state index >= 15 is 0 Å². The van der Waals surface area contributed by atoms with Crippen molar-refractivity contribution in [3.63, 3.8) is 0 Å². The number of aromatic nitrogens is 1. The molecule has 8 heteroatoms. The van der Waals surface area contributed by atoms with Crippen molar-refractivity contribution in [2.75, 3.05) is 5.32 Å². The maximum atomic E-state index is 11.0. The second-order valence-corrected chi connectivity index (χ2v) is 5.18. The first-order valence-electron chi connectivity index (χ1n) is 5.19. The fourth-order valence-corrected chi connectivity index (χ4v) is 2.31. The van der Waals surface area contributed by atoms with Gasteiger partial charge < -0.3 is 10.3 Å². The number of hydrogen-bond acceptors (Lipinski definition) is 4. The number of hydrogen-bond donors (Lipinski definition) is 3. The SMILES string of the molecule is O=c1[nH]c(Cl)c(/C=N/NC(=S)Nc2ccccc2)s1. The highest BCUT2D eigenvalue weighted by Crippen LogP contribution is 2.11. The topological polar surface area (TPSA) is 69.3 Å². The molecule has 0 spiro atoms. The number of nitrogens with zero attached hydrogens (tertiary/aromatic N) is 1. The molecular weight excluding hydrogens is 304 g/mol. The number of H-pyrrole nitrogens is 1. The number of thiocarbonyl (C=S) groups is 1. The van der Waals surface area contributed by atoms with Crippen LogP contribution in [-0.4, -0.2) is 16.3 Å². The molecule has 0 saturated carbocycles. The van der Waals surface area contributed by atoms with Gasteiger partial charge in [0.25, 0.3) is 0 Å². The molecule has 1 aromatic carbocycles. The lowest BCUT2D eigenvalue weighted by Gasteiger charge is -2.05. The van der Waals surface area contributed by atoms with Crippen LogP contribution in [0.2, 0.25) is 5.15 Å². The number of nitrogens with one attached hydrogen (secondary N) is 3. The number of para-hydroxylation sites is 1. The Labute approximate surface area is 123 Å². The Kier molecular flexibility index (Phi) is 4.67. The van der Waals surface area contributed by atoms with E-state index in [1.807, 2.05) is 30.3 Å². The van der Waals surface area contributed by atoms with Crippen LogP contribution in [-0.2, 0) is 0 Å². The third-order valence-corrected chi connectivity index (χ3v) is 3.43. The van der Waals surface area contributed by atoms with E-state index in [2.05, 4.69) is 20.8 Å². The predicted molar refractivity (Wildman–Crippen MR) is 83.3 cm³/mol. The molecule has 1 aromatic heterocycles. The standard InChI is InChI=1S/C11H9ClN4OS2/c12-9-8(19-11(17)15-9)6-13-16-10(18)14-7-4-2-1-3-5-7/h1-6H,(H,15,17)(H2,14,16,18)/b13-6+. The number of hydrazone groups is 1. The van der Waals surface area contributed by atoms with Gasteiger partial charge in [0, 0.05) is 5.69 Å². The van der Waals surface area contributed by atoms with Crippen LogP contribution in [0.1, 0.15) is 4.88 Å². The fourth-order valence-electron chi connectivity index (χ4n) is 1.23. The van der Waals surface area contributed by atoms with E-state index in [9.17, 15) is 4.79 Å². The van der Waals surface area contributed by atoms with Gasteiger partial charge in [0.1, 0.15) is 5.15 Å². The Hall–Kier alpha value is -1.70. The molecule has 0 aliphatic heterocycles. The maximum absolute atomic E-state index is 11.0. The van der Waals surface area contributed by atoms with Gasteiger partial charge in [0.15, 0.2) is 5.11 Å². The first-order valence-corrected chi connectivity index (χ1v) is 6.79. The van der Waals surface area contributed by atoms with Crippen LogP contribution in [0.4, 0.5) is 5.69 Å². The van der Waals surface area contributed by atoms with Gasteiger partial charge >= 0.3 is 4.87 Å². The van der Waals surface area contributed by atoms with Crippen molar-refractivity contribution in [1.82, 2.24) is 10.4 Å². The molecule has 0 unspecified atom stereocenters. The number of thiazole rings is 1. The van der Waals surface area contributed by atoms with Gasteiger partial charge in [-0.3, -0.25) is 10.2 Å². The van der Waals surface area contributed by atoms with E-state index in [1.165, 1.54) is 6.21 Å². The van der Waals surface area contributed by atoms with Crippen LogP contribution in [0, 0.1) is 0 Å². The average molecular weight is 313 g/mol. The minimum absolute atomic E-state index is 0.226. The zero-order valence-corrected chi connectivity index (χ0v) is 11.9. The van der Waals surface area contributed by atoms with Crippen molar-refractivity contribution in [2.45, 2.75) is 0 Å². The van der Waals surface area contributed by atoms with Crippen molar-refractivity contribution < 1.29 is 0 Å². The molecule has 0 fully saturated rings. The Bertz CT molecular complexity index is 650. The average Bonchev–Trinajstić information content (AvgIpc) is 2.69. The summed E-state index contributed by atoms with van der Waals surface area (Å²) in [5, 5.41) is 7.47. The van der Waals surface area contributed by atoms with Crippen LogP contribution < -0.4 is 15.6 Å². The maximum Gasteiger partial charge on any atom is 0.306 e. The van der Waals surface area contributed by atoms with E-state index in [0.29, 0.717) is 9.99 Å². The summed E-state index contributed by atoms with van der Waals surface area (Å²) >= 11 is 11.8. The molecule has 1 heterocycles. The monoisotopic (exact) mass is 312 g/mol. The minimum atomic E-state index is -0.226. The summed E-state index contributed by atoms with van der Waals surface area (Å²) in [7, 11) is 0. The first kappa shape index (κ1) is 13.7. The van der Waals surface area contributed by atoms with Crippen LogP contribution in [0.3, 0.4) is 0 Å². The van der Waals surface area contributed by atoms with Gasteiger partial charge in [0.2, 0.25) is 0 Å². The first-order chi connectivity index (χ1) is 9.15. The summed E-state index contributed by atoms with van der Waals surface area (Å²) in [5.41, 5.74) is 3.50. The van der Waals surface area contributed by atoms with E-state index in [4.69, 9.17) is 23.8 Å². The molecule has 98 valence electrons. The lowest BCUT2D eigenvalue weighted by Crippen LogP contribution is -2.23.